The SMILES string of the molecule is C#C[Si](C)(C)C.CC(C)(C)[O-].C[Si](C)(C)C#Cc1ncccc1N.Nc1cccnc1Br.[K+].c1cnc2cc[nH]c2c1. The zero-order chi connectivity index (χ0) is 31.7. The molecule has 4 aromatic heterocycles. The van der Waals surface area contributed by atoms with Crippen molar-refractivity contribution in [3.63, 3.8) is 0 Å². The normalized spacial score (nSPS) is 10.0. The Morgan fingerprint density at radius 2 is 1.31 bits per heavy atom. The van der Waals surface area contributed by atoms with Crippen LogP contribution >= 0.6 is 15.9 Å². The topological polar surface area (TPSA) is 130 Å². The van der Waals surface area contributed by atoms with E-state index in [0.29, 0.717) is 21.7 Å². The maximum absolute atomic E-state index is 10.1. The van der Waals surface area contributed by atoms with Gasteiger partial charge in [0.25, 0.3) is 0 Å². The van der Waals surface area contributed by atoms with E-state index in [1.165, 1.54) is 0 Å². The van der Waals surface area contributed by atoms with E-state index in [4.69, 9.17) is 17.9 Å². The summed E-state index contributed by atoms with van der Waals surface area (Å²) in [4.78, 5) is 15.1. The number of hydrogen-bond acceptors (Lipinski definition) is 6. The number of nitrogens with two attached hydrogens (primary N) is 2. The van der Waals surface area contributed by atoms with Gasteiger partial charge in [0.1, 0.15) is 26.4 Å². The predicted molar refractivity (Wildman–Crippen MR) is 183 cm³/mol. The van der Waals surface area contributed by atoms with Gasteiger partial charge in [-0.3, -0.25) is 4.98 Å². The molecule has 0 aliphatic rings. The molecule has 5 N–H and O–H groups in total. The first-order valence-electron chi connectivity index (χ1n) is 13.0. The number of halogens is 1. The minimum absolute atomic E-state index is 0. The van der Waals surface area contributed by atoms with Gasteiger partial charge >= 0.3 is 51.4 Å². The summed E-state index contributed by atoms with van der Waals surface area (Å²) in [6.07, 6.45) is 12.2. The van der Waals surface area contributed by atoms with Gasteiger partial charge in [-0.15, -0.1) is 23.1 Å². The van der Waals surface area contributed by atoms with Crippen LogP contribution in [0.1, 0.15) is 26.5 Å². The van der Waals surface area contributed by atoms with E-state index in [9.17, 15) is 5.11 Å². The molecule has 11 heteroatoms. The van der Waals surface area contributed by atoms with Gasteiger partial charge in [0.2, 0.25) is 0 Å². The van der Waals surface area contributed by atoms with Crippen molar-refractivity contribution in [1.82, 2.24) is 19.9 Å². The van der Waals surface area contributed by atoms with E-state index in [2.05, 4.69) is 92.2 Å². The van der Waals surface area contributed by atoms with Gasteiger partial charge in [0.15, 0.2) is 0 Å². The van der Waals surface area contributed by atoms with Gasteiger partial charge in [-0.05, 0) is 58.4 Å². The van der Waals surface area contributed by atoms with Crippen LogP contribution in [0.5, 0.6) is 0 Å². The van der Waals surface area contributed by atoms with E-state index in [1.807, 2.05) is 36.5 Å². The third kappa shape index (κ3) is 24.8. The van der Waals surface area contributed by atoms with Crippen LogP contribution in [-0.2, 0) is 0 Å². The summed E-state index contributed by atoms with van der Waals surface area (Å²) in [7, 11) is -2.42. The van der Waals surface area contributed by atoms with Crippen LogP contribution in [-0.4, -0.2) is 41.7 Å². The second-order valence-electron chi connectivity index (χ2n) is 11.7. The number of nitrogens with zero attached hydrogens (tertiary/aromatic N) is 3. The molecule has 0 saturated carbocycles. The van der Waals surface area contributed by atoms with Crippen LogP contribution in [0.2, 0.25) is 39.3 Å². The Hall–Kier alpha value is -1.78. The van der Waals surface area contributed by atoms with Crippen molar-refractivity contribution in [2.24, 2.45) is 0 Å². The Labute approximate surface area is 305 Å². The zero-order valence-corrected chi connectivity index (χ0v) is 33.4. The molecule has 0 fully saturated rings. The summed E-state index contributed by atoms with van der Waals surface area (Å²) in [5.74, 6) is 3.03. The molecule has 0 aromatic carbocycles. The summed E-state index contributed by atoms with van der Waals surface area (Å²) >= 11 is 3.16. The van der Waals surface area contributed by atoms with Gasteiger partial charge in [-0.25, -0.2) is 9.97 Å². The number of terminal acetylenes is 1. The van der Waals surface area contributed by atoms with Crippen LogP contribution in [0.15, 0.2) is 71.9 Å². The number of nitrogens with one attached hydrogen (secondary N) is 1. The van der Waals surface area contributed by atoms with Crippen LogP contribution in [0.25, 0.3) is 11.0 Å². The van der Waals surface area contributed by atoms with Crippen LogP contribution < -0.4 is 68.0 Å². The van der Waals surface area contributed by atoms with Gasteiger partial charge in [0, 0.05) is 24.8 Å². The van der Waals surface area contributed by atoms with E-state index in [1.54, 1.807) is 51.5 Å². The summed E-state index contributed by atoms with van der Waals surface area (Å²) in [5.41, 5.74) is 20.5. The largest absolute Gasteiger partial charge is 1.00 e. The maximum atomic E-state index is 10.1. The van der Waals surface area contributed by atoms with Crippen LogP contribution in [0.4, 0.5) is 11.4 Å². The van der Waals surface area contributed by atoms with Crippen molar-refractivity contribution in [1.29, 1.82) is 0 Å². The van der Waals surface area contributed by atoms with Crippen molar-refractivity contribution in [3.8, 4) is 23.4 Å². The van der Waals surface area contributed by atoms with Crippen LogP contribution in [0, 0.1) is 23.4 Å². The molecular weight excluding hydrogens is 648 g/mol. The Morgan fingerprint density at radius 3 is 1.71 bits per heavy atom. The second-order valence-corrected chi connectivity index (χ2v) is 22.0. The molecule has 4 heterocycles. The first kappa shape index (κ1) is 42.4. The third-order valence-electron chi connectivity index (χ3n) is 3.93. The first-order valence-corrected chi connectivity index (χ1v) is 20.8. The van der Waals surface area contributed by atoms with E-state index >= 15 is 0 Å². The zero-order valence-electron chi connectivity index (χ0n) is 26.7. The van der Waals surface area contributed by atoms with Gasteiger partial charge in [0.05, 0.1) is 22.4 Å². The Balaban J connectivity index is 0. The summed E-state index contributed by atoms with van der Waals surface area (Å²) < 4.78 is 0.708. The summed E-state index contributed by atoms with van der Waals surface area (Å²) in [6.45, 7) is 17.9. The fourth-order valence-corrected chi connectivity index (χ4v) is 2.79. The Bertz CT molecular complexity index is 1370. The average molecular weight is 692 g/mol. The van der Waals surface area contributed by atoms with Crippen molar-refractivity contribution >= 4 is 54.5 Å². The number of rotatable bonds is 0. The Morgan fingerprint density at radius 1 is 0.833 bits per heavy atom. The minimum Gasteiger partial charge on any atom is -0.850 e. The van der Waals surface area contributed by atoms with Crippen molar-refractivity contribution < 1.29 is 56.5 Å². The molecule has 7 nitrogen and oxygen atoms in total. The van der Waals surface area contributed by atoms with Gasteiger partial charge in [-0.1, -0.05) is 66.0 Å². The quantitative estimate of drug-likeness (QED) is 0.147. The number of aromatic amines is 1. The number of anilines is 2. The predicted octanol–water partition coefficient (Wildman–Crippen LogP) is 3.53. The molecule has 0 saturated heterocycles. The van der Waals surface area contributed by atoms with Crippen molar-refractivity contribution in [2.75, 3.05) is 11.5 Å². The fraction of sp³-hybridized carbons (Fsp3) is 0.323. The van der Waals surface area contributed by atoms with Gasteiger partial charge in [-0.2, -0.15) is 0 Å². The Kier molecular flexibility index (Phi) is 21.2. The van der Waals surface area contributed by atoms with Gasteiger partial charge < -0.3 is 21.6 Å². The smallest absolute Gasteiger partial charge is 0.850 e. The van der Waals surface area contributed by atoms with E-state index < -0.39 is 21.7 Å². The third-order valence-corrected chi connectivity index (χ3v) is 6.34. The maximum Gasteiger partial charge on any atom is 1.00 e. The molecule has 4 aromatic rings. The number of hydrogen-bond donors (Lipinski definition) is 3. The van der Waals surface area contributed by atoms with Crippen molar-refractivity contribution in [3.05, 3.63) is 77.5 Å². The van der Waals surface area contributed by atoms with E-state index in [0.717, 1.165) is 11.0 Å². The molecule has 0 radical (unpaired) electrons. The molecule has 42 heavy (non-hydrogen) atoms. The molecule has 0 aliphatic carbocycles. The van der Waals surface area contributed by atoms with E-state index in [-0.39, 0.29) is 51.4 Å². The molecule has 0 spiro atoms. The summed E-state index contributed by atoms with van der Waals surface area (Å²) in [6, 6.07) is 13.1. The fourth-order valence-electron chi connectivity index (χ4n) is 2.05. The minimum atomic E-state index is -1.32. The molecular formula is C31H44BrKN6OSi2. The number of pyridine rings is 3. The molecule has 0 bridgehead atoms. The monoisotopic (exact) mass is 690 g/mol. The number of fused-ring (bicyclic) bond motifs is 1. The molecule has 0 atom stereocenters. The number of aromatic nitrogens is 4. The van der Waals surface area contributed by atoms with Crippen molar-refractivity contribution in [2.45, 2.75) is 65.7 Å². The number of H-pyrrole nitrogens is 1. The molecule has 0 aliphatic heterocycles. The average Bonchev–Trinajstić information content (AvgIpc) is 3.34. The van der Waals surface area contributed by atoms with Crippen LogP contribution in [0.3, 0.4) is 0 Å². The second kappa shape index (κ2) is 21.0. The first-order chi connectivity index (χ1) is 18.8. The molecule has 4 rings (SSSR count). The molecule has 0 unspecified atom stereocenters. The molecule has 220 valence electrons. The standard InChI is InChI=1S/C10H14N2Si.C7H6N2.C5H5BrN2.C5H10Si.C4H9O.K/c1-13(2,3)8-6-10-9(11)5-4-7-12-10;1-2-6-7(8-4-1)3-5-9-6;6-5-4(7)2-1-3-8-5;1-5-6(2,3)4;1-4(2,3)5;/h4-5,7H,11H2,1-3H3;1-5,9H;1-3H,7H2;1H,2-4H3;1-3H3;/q;;;;-1;+1. The number of nitrogen functional groups attached to an aromatic ring is 2. The molecule has 0 amide bonds. The summed E-state index contributed by atoms with van der Waals surface area (Å²) in [5, 5.41) is 10.1.